The lowest BCUT2D eigenvalue weighted by molar-refractivity contribution is -0.146. The van der Waals surface area contributed by atoms with Gasteiger partial charge in [0.15, 0.2) is 11.9 Å². The number of nitrogens with zero attached hydrogens (tertiary/aromatic N) is 6. The molecule has 2 atom stereocenters. The number of halogens is 3. The second-order valence-corrected chi connectivity index (χ2v) is 15.9. The first-order valence-corrected chi connectivity index (χ1v) is 20.1. The highest BCUT2D eigenvalue weighted by atomic mass is 32.2. The monoisotopic (exact) mass is 830 g/mol. The van der Waals surface area contributed by atoms with Crippen LogP contribution in [0.3, 0.4) is 0 Å². The van der Waals surface area contributed by atoms with Crippen LogP contribution >= 0.6 is 11.8 Å². The minimum Gasteiger partial charge on any atom is -0.461 e. The Morgan fingerprint density at radius 1 is 1.03 bits per heavy atom. The number of rotatable bonds is 16. The molecule has 0 aliphatic carbocycles. The molecule has 0 unspecified atom stereocenters. The van der Waals surface area contributed by atoms with Gasteiger partial charge in [0.05, 0.1) is 48.6 Å². The van der Waals surface area contributed by atoms with Crippen LogP contribution in [0.1, 0.15) is 46.0 Å². The molecule has 1 aromatic heterocycles. The summed E-state index contributed by atoms with van der Waals surface area (Å²) in [6, 6.07) is 15.8. The van der Waals surface area contributed by atoms with Gasteiger partial charge in [-0.3, -0.25) is 4.79 Å². The molecule has 0 saturated carbocycles. The predicted octanol–water partition coefficient (Wildman–Crippen LogP) is 6.13. The third-order valence-electron chi connectivity index (χ3n) is 10.1. The Labute approximate surface area is 345 Å². The maximum atomic E-state index is 16.0. The third-order valence-corrected chi connectivity index (χ3v) is 11.6. The Morgan fingerprint density at radius 2 is 1.81 bits per heavy atom. The van der Waals surface area contributed by atoms with Crippen LogP contribution < -0.4 is 0 Å². The summed E-state index contributed by atoms with van der Waals surface area (Å²) in [6.45, 7) is 5.95. The normalized spacial score (nSPS) is 19.3. The Kier molecular flexibility index (Phi) is 15.1. The van der Waals surface area contributed by atoms with Crippen LogP contribution in [0.15, 0.2) is 91.5 Å². The second-order valence-electron chi connectivity index (χ2n) is 14.2. The van der Waals surface area contributed by atoms with Crippen molar-refractivity contribution in [3.05, 3.63) is 137 Å². The van der Waals surface area contributed by atoms with Crippen LogP contribution in [0.2, 0.25) is 0 Å². The molecule has 2 aliphatic rings. The lowest BCUT2D eigenvalue weighted by atomic mass is 9.89. The Morgan fingerprint density at radius 3 is 2.53 bits per heavy atom. The number of carbonyl (C=O) groups is 2. The van der Waals surface area contributed by atoms with Crippen molar-refractivity contribution in [2.24, 2.45) is 0 Å². The number of esters is 2. The average molecular weight is 831 g/mol. The highest BCUT2D eigenvalue weighted by Crippen LogP contribution is 2.42. The summed E-state index contributed by atoms with van der Waals surface area (Å²) in [6.07, 6.45) is 8.70. The zero-order valence-corrected chi connectivity index (χ0v) is 33.5. The summed E-state index contributed by atoms with van der Waals surface area (Å²) in [5, 5.41) is 12.2. The summed E-state index contributed by atoms with van der Waals surface area (Å²) in [5.41, 5.74) is -0.829. The summed E-state index contributed by atoms with van der Waals surface area (Å²) in [4.78, 5) is 35.6. The number of aromatic nitrogens is 3. The van der Waals surface area contributed by atoms with Crippen molar-refractivity contribution in [3.8, 4) is 6.07 Å². The van der Waals surface area contributed by atoms with Crippen molar-refractivity contribution < 1.29 is 41.7 Å². The van der Waals surface area contributed by atoms with Crippen molar-refractivity contribution in [2.75, 3.05) is 53.0 Å². The van der Waals surface area contributed by atoms with Gasteiger partial charge in [-0.15, -0.1) is 11.8 Å². The van der Waals surface area contributed by atoms with E-state index in [9.17, 15) is 18.4 Å². The molecule has 0 spiro atoms. The van der Waals surface area contributed by atoms with E-state index in [0.717, 1.165) is 44.4 Å². The van der Waals surface area contributed by atoms with Gasteiger partial charge in [-0.25, -0.2) is 27.6 Å². The number of thioether (sulfide) groups is 1. The van der Waals surface area contributed by atoms with Crippen molar-refractivity contribution in [1.29, 1.82) is 5.26 Å². The maximum Gasteiger partial charge on any atom is 0.339 e. The topological polar surface area (TPSA) is 132 Å². The van der Waals surface area contributed by atoms with Gasteiger partial charge >= 0.3 is 11.9 Å². The number of hydrogen-bond acceptors (Lipinski definition) is 12. The van der Waals surface area contributed by atoms with Gasteiger partial charge in [0, 0.05) is 60.7 Å². The molecule has 4 aromatic rings. The van der Waals surface area contributed by atoms with Gasteiger partial charge in [-0.05, 0) is 50.4 Å². The van der Waals surface area contributed by atoms with Crippen LogP contribution in [0.25, 0.3) is 6.08 Å². The van der Waals surface area contributed by atoms with Crippen molar-refractivity contribution in [2.45, 2.75) is 48.9 Å². The molecular formula is C43H45F3N6O6S. The zero-order chi connectivity index (χ0) is 41.8. The first-order chi connectivity index (χ1) is 28.5. The van der Waals surface area contributed by atoms with Crippen LogP contribution in [-0.4, -0.2) is 106 Å². The Balaban J connectivity index is 1.17. The van der Waals surface area contributed by atoms with Crippen LogP contribution in [0, 0.1) is 28.8 Å². The van der Waals surface area contributed by atoms with Gasteiger partial charge < -0.3 is 28.7 Å². The molecule has 0 bridgehead atoms. The smallest absolute Gasteiger partial charge is 0.339 e. The van der Waals surface area contributed by atoms with E-state index in [-0.39, 0.29) is 54.7 Å². The second kappa shape index (κ2) is 20.6. The number of nitriles is 1. The molecule has 59 heavy (non-hydrogen) atoms. The number of benzene rings is 3. The van der Waals surface area contributed by atoms with E-state index in [1.165, 1.54) is 47.3 Å². The van der Waals surface area contributed by atoms with Gasteiger partial charge in [0.2, 0.25) is 0 Å². The fraction of sp³-hybridized carbons (Fsp3) is 0.372. The lowest BCUT2D eigenvalue weighted by Gasteiger charge is -2.40. The number of hydrogen-bond donors (Lipinski definition) is 0. The highest BCUT2D eigenvalue weighted by Gasteiger charge is 2.47. The molecule has 2 fully saturated rings. The van der Waals surface area contributed by atoms with E-state index in [0.29, 0.717) is 17.7 Å². The maximum absolute atomic E-state index is 16.0. The fourth-order valence-electron chi connectivity index (χ4n) is 6.74. The van der Waals surface area contributed by atoms with E-state index in [1.54, 1.807) is 55.5 Å². The van der Waals surface area contributed by atoms with Crippen LogP contribution in [0.5, 0.6) is 0 Å². The summed E-state index contributed by atoms with van der Waals surface area (Å²) < 4.78 is 70.0. The molecule has 12 nitrogen and oxygen atoms in total. The van der Waals surface area contributed by atoms with Crippen molar-refractivity contribution >= 4 is 29.8 Å². The standard InChI is InChI=1S/C43H45F3N6O6S/c1-30(59-35-25-56-41(57-26-35)10-6-4-7-32-12-11-31(23-47)21-38(32)45)43(27-52-29-48-28-49-52,37-14-13-34(44)22-39(37)46)58-42(54)36-9-5-3-8-33(36)24-55-40(53)15-16-51-19-17-50(2)18-20-51/h3-14,21-22,28-30,35,41H,15-20,24-27H2,1-2H3/b7-4+,10-6+/t30-,35?,41?,43-/m1/s1. The summed E-state index contributed by atoms with van der Waals surface area (Å²) in [5.74, 6) is -3.48. The average Bonchev–Trinajstić information content (AvgIpc) is 3.75. The number of carbonyl (C=O) groups excluding carboxylic acids is 2. The van der Waals surface area contributed by atoms with Crippen LogP contribution in [-0.2, 0) is 42.5 Å². The Hall–Kier alpha value is -5.31. The third kappa shape index (κ3) is 11.7. The number of piperazine rings is 1. The lowest BCUT2D eigenvalue weighted by Crippen LogP contribution is -2.47. The molecule has 0 radical (unpaired) electrons. The molecule has 3 aromatic carbocycles. The van der Waals surface area contributed by atoms with E-state index < -0.39 is 46.5 Å². The first-order valence-electron chi connectivity index (χ1n) is 19.1. The van der Waals surface area contributed by atoms with Gasteiger partial charge in [0.1, 0.15) is 36.7 Å². The first kappa shape index (κ1) is 43.3. The zero-order valence-electron chi connectivity index (χ0n) is 32.7. The minimum absolute atomic E-state index is 0.0838. The molecule has 2 saturated heterocycles. The highest BCUT2D eigenvalue weighted by molar-refractivity contribution is 8.00. The molecule has 16 heteroatoms. The van der Waals surface area contributed by atoms with Gasteiger partial charge in [0.25, 0.3) is 0 Å². The molecule has 2 aliphatic heterocycles. The Bertz CT molecular complexity index is 2150. The predicted molar refractivity (Wildman–Crippen MR) is 214 cm³/mol. The summed E-state index contributed by atoms with van der Waals surface area (Å²) in [7, 11) is 2.06. The quantitative estimate of drug-likeness (QED) is 0.0951. The SMILES string of the molecule is C[C@@H](SC1COC(/C=C/C=C/c2ccc(C#N)cc2F)OC1)[C@@](Cn1cncn1)(OC(=O)c1ccccc1COC(=O)CCN1CCN(C)CC1)c1ccc(F)cc1F. The van der Waals surface area contributed by atoms with Crippen LogP contribution in [0.4, 0.5) is 13.2 Å². The largest absolute Gasteiger partial charge is 0.461 e. The minimum atomic E-state index is -1.79. The molecular weight excluding hydrogens is 786 g/mol. The van der Waals surface area contributed by atoms with Gasteiger partial charge in [-0.2, -0.15) is 10.4 Å². The number of ether oxygens (including phenoxy) is 4. The van der Waals surface area contributed by atoms with Crippen molar-refractivity contribution in [1.82, 2.24) is 24.6 Å². The molecule has 6 rings (SSSR count). The molecule has 0 N–H and O–H groups in total. The molecule has 310 valence electrons. The fourth-order valence-corrected chi connectivity index (χ4v) is 8.10. The van der Waals surface area contributed by atoms with Gasteiger partial charge in [-0.1, -0.05) is 42.5 Å². The summed E-state index contributed by atoms with van der Waals surface area (Å²) >= 11 is 1.33. The molecule has 0 amide bonds. The van der Waals surface area contributed by atoms with E-state index >= 15 is 4.39 Å². The number of allylic oxidation sites excluding steroid dienone is 2. The molecule has 3 heterocycles. The van der Waals surface area contributed by atoms with Crippen molar-refractivity contribution in [3.63, 3.8) is 0 Å². The number of likely N-dealkylation sites (N-methyl/N-ethyl adjacent to an activating group) is 1. The van der Waals surface area contributed by atoms with E-state index in [4.69, 9.17) is 24.2 Å². The van der Waals surface area contributed by atoms with E-state index in [2.05, 4.69) is 26.9 Å². The van der Waals surface area contributed by atoms with E-state index in [1.807, 2.05) is 6.07 Å².